The molecule has 2 unspecified atom stereocenters. The van der Waals surface area contributed by atoms with Crippen LogP contribution in [0.5, 0.6) is 0 Å². The number of nitriles is 1. The molecule has 1 aromatic heterocycles. The number of nitrogens with zero attached hydrogens (tertiary/aromatic N) is 3. The molecular weight excluding hydrogens is 643 g/mol. The van der Waals surface area contributed by atoms with Crippen molar-refractivity contribution in [3.63, 3.8) is 0 Å². The predicted octanol–water partition coefficient (Wildman–Crippen LogP) is 13.0. The molecule has 0 bridgehead atoms. The summed E-state index contributed by atoms with van der Waals surface area (Å²) >= 11 is 0. The van der Waals surface area contributed by atoms with Crippen molar-refractivity contribution in [3.8, 4) is 45.1 Å². The van der Waals surface area contributed by atoms with Gasteiger partial charge in [0.05, 0.1) is 22.7 Å². The molecule has 7 aromatic carbocycles. The molecule has 3 nitrogen and oxygen atoms in total. The van der Waals surface area contributed by atoms with Gasteiger partial charge in [-0.2, -0.15) is 5.26 Å². The SMILES string of the molecule is CC1C=CC=C2C1c1cc(-c3ccc4c(c3)c3ccccc3n4-c3ccc(-c4cccc(C#N)c4)cc3)ccc1N2c1ccc(-c2ccccc2)cc1. The molecule has 1 aliphatic heterocycles. The Labute approximate surface area is 309 Å². The van der Waals surface area contributed by atoms with E-state index in [9.17, 15) is 5.26 Å². The van der Waals surface area contributed by atoms with Gasteiger partial charge in [0, 0.05) is 39.4 Å². The van der Waals surface area contributed by atoms with E-state index in [4.69, 9.17) is 0 Å². The Morgan fingerprint density at radius 3 is 1.96 bits per heavy atom. The Morgan fingerprint density at radius 1 is 0.528 bits per heavy atom. The largest absolute Gasteiger partial charge is 0.313 e. The van der Waals surface area contributed by atoms with Gasteiger partial charge < -0.3 is 9.47 Å². The van der Waals surface area contributed by atoms with Crippen LogP contribution in [0.1, 0.15) is 24.0 Å². The highest BCUT2D eigenvalue weighted by molar-refractivity contribution is 6.10. The molecule has 0 amide bonds. The maximum Gasteiger partial charge on any atom is 0.0991 e. The third-order valence-electron chi connectivity index (χ3n) is 11.1. The summed E-state index contributed by atoms with van der Waals surface area (Å²) < 4.78 is 2.36. The summed E-state index contributed by atoms with van der Waals surface area (Å²) in [7, 11) is 0. The zero-order valence-corrected chi connectivity index (χ0v) is 29.3. The van der Waals surface area contributed by atoms with Crippen molar-refractivity contribution < 1.29 is 0 Å². The molecule has 3 heteroatoms. The quantitative estimate of drug-likeness (QED) is 0.182. The van der Waals surface area contributed by atoms with Gasteiger partial charge in [0.2, 0.25) is 0 Å². The molecule has 0 radical (unpaired) electrons. The van der Waals surface area contributed by atoms with E-state index < -0.39 is 0 Å². The third kappa shape index (κ3) is 5.11. The lowest BCUT2D eigenvalue weighted by atomic mass is 9.83. The highest BCUT2D eigenvalue weighted by Crippen LogP contribution is 2.53. The summed E-state index contributed by atoms with van der Waals surface area (Å²) in [5.74, 6) is 0.680. The number of rotatable bonds is 5. The van der Waals surface area contributed by atoms with Crippen LogP contribution in [0.3, 0.4) is 0 Å². The van der Waals surface area contributed by atoms with Crippen molar-refractivity contribution in [2.24, 2.45) is 5.92 Å². The number of hydrogen-bond donors (Lipinski definition) is 0. The lowest BCUT2D eigenvalue weighted by Gasteiger charge is -2.27. The van der Waals surface area contributed by atoms with Gasteiger partial charge in [0.1, 0.15) is 0 Å². The van der Waals surface area contributed by atoms with Crippen LogP contribution < -0.4 is 4.90 Å². The van der Waals surface area contributed by atoms with Gasteiger partial charge in [-0.3, -0.25) is 0 Å². The number of benzene rings is 7. The van der Waals surface area contributed by atoms with Crippen molar-refractivity contribution in [1.29, 1.82) is 5.26 Å². The Bertz CT molecular complexity index is 2800. The highest BCUT2D eigenvalue weighted by Gasteiger charge is 2.38. The van der Waals surface area contributed by atoms with Crippen LogP contribution in [0.15, 0.2) is 188 Å². The van der Waals surface area contributed by atoms with Crippen LogP contribution in [0.25, 0.3) is 60.9 Å². The van der Waals surface area contributed by atoms with E-state index >= 15 is 0 Å². The number of anilines is 2. The second-order valence-corrected chi connectivity index (χ2v) is 14.2. The Hall–Kier alpha value is -6.89. The second kappa shape index (κ2) is 12.4. The van der Waals surface area contributed by atoms with Crippen LogP contribution in [0.2, 0.25) is 0 Å². The smallest absolute Gasteiger partial charge is 0.0991 e. The second-order valence-electron chi connectivity index (χ2n) is 14.2. The fourth-order valence-electron chi connectivity index (χ4n) is 8.52. The summed E-state index contributed by atoms with van der Waals surface area (Å²) in [4.78, 5) is 2.46. The molecule has 0 saturated heterocycles. The first-order chi connectivity index (χ1) is 26.1. The number of allylic oxidation sites excluding steroid dienone is 4. The van der Waals surface area contributed by atoms with Gasteiger partial charge in [-0.1, -0.05) is 116 Å². The molecule has 2 heterocycles. The molecule has 53 heavy (non-hydrogen) atoms. The molecule has 250 valence electrons. The van der Waals surface area contributed by atoms with Gasteiger partial charge in [-0.25, -0.2) is 0 Å². The van der Waals surface area contributed by atoms with Crippen molar-refractivity contribution in [3.05, 3.63) is 199 Å². The summed E-state index contributed by atoms with van der Waals surface area (Å²) in [6.45, 7) is 2.34. The molecule has 0 spiro atoms. The van der Waals surface area contributed by atoms with E-state index in [1.165, 1.54) is 66.7 Å². The minimum Gasteiger partial charge on any atom is -0.313 e. The predicted molar refractivity (Wildman–Crippen MR) is 220 cm³/mol. The summed E-state index contributed by atoms with van der Waals surface area (Å²) in [5, 5.41) is 11.9. The van der Waals surface area contributed by atoms with E-state index in [0.29, 0.717) is 17.4 Å². The number of para-hydroxylation sites is 1. The normalized spacial score (nSPS) is 16.0. The van der Waals surface area contributed by atoms with E-state index in [1.807, 2.05) is 18.2 Å². The van der Waals surface area contributed by atoms with Crippen LogP contribution in [-0.2, 0) is 0 Å². The van der Waals surface area contributed by atoms with E-state index in [1.54, 1.807) is 0 Å². The van der Waals surface area contributed by atoms with Crippen LogP contribution in [-0.4, -0.2) is 4.57 Å². The molecular formula is C50H35N3. The van der Waals surface area contributed by atoms with Gasteiger partial charge in [-0.15, -0.1) is 0 Å². The number of hydrogen-bond acceptors (Lipinski definition) is 2. The molecule has 0 saturated carbocycles. The van der Waals surface area contributed by atoms with Crippen LogP contribution in [0, 0.1) is 17.2 Å². The minimum atomic E-state index is 0.291. The summed E-state index contributed by atoms with van der Waals surface area (Å²) in [6, 6.07) is 60.9. The number of aromatic nitrogens is 1. The molecule has 0 fully saturated rings. The molecule has 10 rings (SSSR count). The first-order valence-corrected chi connectivity index (χ1v) is 18.3. The van der Waals surface area contributed by atoms with E-state index in [-0.39, 0.29) is 0 Å². The van der Waals surface area contributed by atoms with Crippen molar-refractivity contribution >= 4 is 33.2 Å². The van der Waals surface area contributed by atoms with Crippen molar-refractivity contribution in [2.75, 3.05) is 4.90 Å². The standard InChI is InChI=1S/C50H35N3/c1-33-9-7-16-49-50(33)45-31-40(22-28-48(45)53(49)42-23-17-36(18-24-42)35-11-3-2-4-12-35)39-21-27-47-44(30-39)43-14-5-6-15-46(43)52(47)41-25-19-37(20-26-41)38-13-8-10-34(29-38)32-51/h2-31,33,50H,1H3. The topological polar surface area (TPSA) is 32.0 Å². The zero-order valence-electron chi connectivity index (χ0n) is 29.3. The van der Waals surface area contributed by atoms with E-state index in [2.05, 4.69) is 186 Å². The maximum atomic E-state index is 9.40. The molecule has 0 N–H and O–H groups in total. The Balaban J connectivity index is 1.04. The van der Waals surface area contributed by atoms with E-state index in [0.717, 1.165) is 16.8 Å². The average Bonchev–Trinajstić information content (AvgIpc) is 3.74. The summed E-state index contributed by atoms with van der Waals surface area (Å²) in [5.41, 5.74) is 16.3. The lowest BCUT2D eigenvalue weighted by Crippen LogP contribution is -2.18. The zero-order chi connectivity index (χ0) is 35.5. The van der Waals surface area contributed by atoms with Gasteiger partial charge in [-0.05, 0) is 118 Å². The average molecular weight is 678 g/mol. The van der Waals surface area contributed by atoms with Gasteiger partial charge >= 0.3 is 0 Å². The van der Waals surface area contributed by atoms with Gasteiger partial charge in [0.25, 0.3) is 0 Å². The first kappa shape index (κ1) is 30.9. The maximum absolute atomic E-state index is 9.40. The third-order valence-corrected chi connectivity index (χ3v) is 11.1. The van der Waals surface area contributed by atoms with Crippen LogP contribution >= 0.6 is 0 Å². The fraction of sp³-hybridized carbons (Fsp3) is 0.0600. The first-order valence-electron chi connectivity index (χ1n) is 18.3. The van der Waals surface area contributed by atoms with Gasteiger partial charge in [0.15, 0.2) is 0 Å². The monoisotopic (exact) mass is 677 g/mol. The van der Waals surface area contributed by atoms with Crippen molar-refractivity contribution in [2.45, 2.75) is 12.8 Å². The lowest BCUT2D eigenvalue weighted by molar-refractivity contribution is 0.618. The molecule has 2 aliphatic rings. The molecule has 1 aliphatic carbocycles. The molecule has 8 aromatic rings. The number of fused-ring (bicyclic) bond motifs is 6. The van der Waals surface area contributed by atoms with Crippen LogP contribution in [0.4, 0.5) is 11.4 Å². The Morgan fingerprint density at radius 2 is 1.15 bits per heavy atom. The van der Waals surface area contributed by atoms with Crippen molar-refractivity contribution in [1.82, 2.24) is 4.57 Å². The molecule has 2 atom stereocenters. The highest BCUT2D eigenvalue weighted by atomic mass is 15.2. The Kier molecular flexibility index (Phi) is 7.23. The fourth-order valence-corrected chi connectivity index (χ4v) is 8.52. The summed E-state index contributed by atoms with van der Waals surface area (Å²) in [6.07, 6.45) is 6.86. The minimum absolute atomic E-state index is 0.291.